The van der Waals surface area contributed by atoms with E-state index in [-0.39, 0.29) is 11.7 Å². The molecule has 1 atom stereocenters. The Morgan fingerprint density at radius 1 is 1.50 bits per heavy atom. The van der Waals surface area contributed by atoms with Crippen molar-refractivity contribution in [2.75, 3.05) is 24.5 Å². The van der Waals surface area contributed by atoms with Crippen LogP contribution < -0.4 is 10.6 Å². The monoisotopic (exact) mass is 292 g/mol. The number of fused-ring (bicyclic) bond motifs is 1. The summed E-state index contributed by atoms with van der Waals surface area (Å²) in [5.41, 5.74) is 5.58. The average molecular weight is 292 g/mol. The summed E-state index contributed by atoms with van der Waals surface area (Å²) in [4.78, 5) is 13.4. The lowest BCUT2D eigenvalue weighted by molar-refractivity contribution is -0.0789. The van der Waals surface area contributed by atoms with Gasteiger partial charge < -0.3 is 15.4 Å². The lowest BCUT2D eigenvalue weighted by atomic mass is 10.0. The first-order chi connectivity index (χ1) is 9.48. The molecule has 1 aliphatic heterocycles. The van der Waals surface area contributed by atoms with Crippen molar-refractivity contribution in [1.29, 1.82) is 0 Å². The highest BCUT2D eigenvalue weighted by atomic mass is 32.1. The lowest BCUT2D eigenvalue weighted by Crippen LogP contribution is -2.55. The Labute approximate surface area is 122 Å². The highest BCUT2D eigenvalue weighted by Crippen LogP contribution is 2.32. The first-order valence-corrected chi connectivity index (χ1v) is 7.64. The average Bonchev–Trinajstić information content (AvgIpc) is 2.76. The van der Waals surface area contributed by atoms with Gasteiger partial charge in [0.15, 0.2) is 0 Å². The Balaban J connectivity index is 2.01. The van der Waals surface area contributed by atoms with Gasteiger partial charge in [-0.05, 0) is 26.8 Å². The lowest BCUT2D eigenvalue weighted by Gasteiger charge is -2.43. The minimum absolute atomic E-state index is 0.0449. The predicted molar refractivity (Wildman–Crippen MR) is 82.4 cm³/mol. The second kappa shape index (κ2) is 4.95. The molecule has 5 nitrogen and oxygen atoms in total. The van der Waals surface area contributed by atoms with E-state index < -0.39 is 0 Å². The van der Waals surface area contributed by atoms with E-state index in [0.717, 1.165) is 29.1 Å². The van der Waals surface area contributed by atoms with Crippen molar-refractivity contribution in [1.82, 2.24) is 9.97 Å². The van der Waals surface area contributed by atoms with Gasteiger partial charge in [-0.1, -0.05) is 0 Å². The molecule has 0 aromatic carbocycles. The normalized spacial score (nSPS) is 22.4. The molecule has 2 aromatic heterocycles. The van der Waals surface area contributed by atoms with E-state index in [0.29, 0.717) is 6.54 Å². The maximum absolute atomic E-state index is 5.98. The van der Waals surface area contributed by atoms with Crippen molar-refractivity contribution < 1.29 is 4.74 Å². The van der Waals surface area contributed by atoms with Crippen LogP contribution in [0.25, 0.3) is 10.2 Å². The molecule has 0 amide bonds. The summed E-state index contributed by atoms with van der Waals surface area (Å²) in [7, 11) is 0. The van der Waals surface area contributed by atoms with Gasteiger partial charge in [0.25, 0.3) is 0 Å². The summed E-state index contributed by atoms with van der Waals surface area (Å²) in [5.74, 6) is 0.995. The van der Waals surface area contributed by atoms with E-state index in [4.69, 9.17) is 10.5 Å². The Morgan fingerprint density at radius 2 is 2.30 bits per heavy atom. The fourth-order valence-electron chi connectivity index (χ4n) is 2.80. The molecule has 0 radical (unpaired) electrons. The predicted octanol–water partition coefficient (Wildman–Crippen LogP) is 1.94. The van der Waals surface area contributed by atoms with E-state index in [1.54, 1.807) is 17.7 Å². The van der Waals surface area contributed by atoms with Crippen molar-refractivity contribution in [2.24, 2.45) is 5.73 Å². The number of rotatable bonds is 2. The Kier molecular flexibility index (Phi) is 3.40. The molecule has 1 fully saturated rings. The van der Waals surface area contributed by atoms with E-state index in [1.165, 1.54) is 4.88 Å². The number of hydrogen-bond acceptors (Lipinski definition) is 6. The maximum atomic E-state index is 5.98. The largest absolute Gasteiger partial charge is 0.367 e. The van der Waals surface area contributed by atoms with Crippen LogP contribution in [0.15, 0.2) is 12.4 Å². The number of thiophene rings is 1. The number of anilines is 1. The first-order valence-electron chi connectivity index (χ1n) is 6.82. The molecule has 108 valence electrons. The summed E-state index contributed by atoms with van der Waals surface area (Å²) in [6.07, 6.45) is 1.69. The zero-order valence-corrected chi connectivity index (χ0v) is 12.9. The van der Waals surface area contributed by atoms with Crippen LogP contribution >= 0.6 is 11.3 Å². The van der Waals surface area contributed by atoms with Gasteiger partial charge in [0, 0.05) is 24.5 Å². The van der Waals surface area contributed by atoms with Crippen molar-refractivity contribution in [3.8, 4) is 0 Å². The standard InChI is InChI=1S/C14H20N4OS/c1-9-4-11-12(16-8-17-13(11)20-9)18-6-10(5-15)19-14(2,3)7-18/h4,8,10H,5-7,15H2,1-3H3. The number of aryl methyl sites for hydroxylation is 1. The third-order valence-corrected chi connectivity index (χ3v) is 4.43. The van der Waals surface area contributed by atoms with E-state index in [9.17, 15) is 0 Å². The second-order valence-electron chi connectivity index (χ2n) is 5.89. The second-order valence-corrected chi connectivity index (χ2v) is 7.12. The Morgan fingerprint density at radius 3 is 3.05 bits per heavy atom. The molecule has 0 bridgehead atoms. The van der Waals surface area contributed by atoms with Crippen molar-refractivity contribution in [3.63, 3.8) is 0 Å². The number of hydrogen-bond donors (Lipinski definition) is 1. The summed E-state index contributed by atoms with van der Waals surface area (Å²) < 4.78 is 5.98. The van der Waals surface area contributed by atoms with Gasteiger partial charge in [-0.15, -0.1) is 11.3 Å². The number of morpholine rings is 1. The van der Waals surface area contributed by atoms with Gasteiger partial charge in [-0.2, -0.15) is 0 Å². The van der Waals surface area contributed by atoms with Gasteiger partial charge in [-0.3, -0.25) is 0 Å². The zero-order chi connectivity index (χ0) is 14.3. The molecule has 0 aliphatic carbocycles. The van der Waals surface area contributed by atoms with Crippen LogP contribution in [-0.2, 0) is 4.74 Å². The summed E-state index contributed by atoms with van der Waals surface area (Å²) in [5, 5.41) is 1.13. The Hall–Kier alpha value is -1.24. The molecule has 1 saturated heterocycles. The van der Waals surface area contributed by atoms with Crippen LogP contribution in [0.3, 0.4) is 0 Å². The van der Waals surface area contributed by atoms with Crippen LogP contribution in [0.1, 0.15) is 18.7 Å². The summed E-state index contributed by atoms with van der Waals surface area (Å²) in [6.45, 7) is 8.41. The van der Waals surface area contributed by atoms with E-state index in [1.807, 2.05) is 0 Å². The summed E-state index contributed by atoms with van der Waals surface area (Å²) >= 11 is 1.70. The van der Waals surface area contributed by atoms with Crippen LogP contribution in [0, 0.1) is 6.92 Å². The van der Waals surface area contributed by atoms with Crippen molar-refractivity contribution in [2.45, 2.75) is 32.5 Å². The van der Waals surface area contributed by atoms with Crippen LogP contribution in [-0.4, -0.2) is 41.3 Å². The molecule has 0 spiro atoms. The molecule has 3 rings (SSSR count). The van der Waals surface area contributed by atoms with Crippen molar-refractivity contribution in [3.05, 3.63) is 17.3 Å². The summed E-state index contributed by atoms with van der Waals surface area (Å²) in [6, 6.07) is 2.16. The first kappa shape index (κ1) is 13.7. The fraction of sp³-hybridized carbons (Fsp3) is 0.571. The molecule has 1 unspecified atom stereocenters. The van der Waals surface area contributed by atoms with Crippen LogP contribution in [0.5, 0.6) is 0 Å². The quantitative estimate of drug-likeness (QED) is 0.916. The van der Waals surface area contributed by atoms with Crippen LogP contribution in [0.4, 0.5) is 5.82 Å². The number of aromatic nitrogens is 2. The molecule has 0 saturated carbocycles. The zero-order valence-electron chi connectivity index (χ0n) is 12.1. The highest BCUT2D eigenvalue weighted by molar-refractivity contribution is 7.18. The number of nitrogens with zero attached hydrogens (tertiary/aromatic N) is 3. The molecule has 2 N–H and O–H groups in total. The van der Waals surface area contributed by atoms with Gasteiger partial charge in [0.05, 0.1) is 17.1 Å². The number of ether oxygens (including phenoxy) is 1. The van der Waals surface area contributed by atoms with Crippen LogP contribution in [0.2, 0.25) is 0 Å². The molecular weight excluding hydrogens is 272 g/mol. The minimum atomic E-state index is -0.218. The molecule has 1 aliphatic rings. The topological polar surface area (TPSA) is 64.3 Å². The van der Waals surface area contributed by atoms with Gasteiger partial charge in [-0.25, -0.2) is 9.97 Å². The number of nitrogens with two attached hydrogens (primary N) is 1. The third kappa shape index (κ3) is 2.51. The maximum Gasteiger partial charge on any atom is 0.140 e. The van der Waals surface area contributed by atoms with E-state index in [2.05, 4.69) is 41.7 Å². The molecule has 6 heteroatoms. The SMILES string of the molecule is Cc1cc2c(N3CC(CN)OC(C)(C)C3)ncnc2s1. The fourth-order valence-corrected chi connectivity index (χ4v) is 3.64. The molecular formula is C14H20N4OS. The van der Waals surface area contributed by atoms with Gasteiger partial charge >= 0.3 is 0 Å². The van der Waals surface area contributed by atoms with Gasteiger partial charge in [0.2, 0.25) is 0 Å². The molecule has 3 heterocycles. The van der Waals surface area contributed by atoms with Crippen molar-refractivity contribution >= 4 is 27.4 Å². The molecule has 2 aromatic rings. The third-order valence-electron chi connectivity index (χ3n) is 3.48. The van der Waals surface area contributed by atoms with E-state index >= 15 is 0 Å². The Bertz CT molecular complexity index is 625. The smallest absolute Gasteiger partial charge is 0.140 e. The highest BCUT2D eigenvalue weighted by Gasteiger charge is 2.34. The minimum Gasteiger partial charge on any atom is -0.367 e. The molecule has 20 heavy (non-hydrogen) atoms. The van der Waals surface area contributed by atoms with Gasteiger partial charge in [0.1, 0.15) is 17.0 Å².